The van der Waals surface area contributed by atoms with Gasteiger partial charge in [-0.1, -0.05) is 274 Å². The van der Waals surface area contributed by atoms with Crippen LogP contribution < -0.4 is 0 Å². The average Bonchev–Trinajstić information content (AvgIpc) is 3.42. The molecule has 0 aliphatic heterocycles. The van der Waals surface area contributed by atoms with Crippen LogP contribution in [0.5, 0.6) is 0 Å². The molecule has 460 valence electrons. The van der Waals surface area contributed by atoms with Gasteiger partial charge in [0.15, 0.2) is 6.10 Å². The molecule has 1 N–H and O–H groups in total. The molecule has 2 atom stereocenters. The van der Waals surface area contributed by atoms with Crippen LogP contribution >= 0.6 is 0 Å². The van der Waals surface area contributed by atoms with Crippen molar-refractivity contribution in [3.05, 3.63) is 60.8 Å². The van der Waals surface area contributed by atoms with Gasteiger partial charge in [-0.3, -0.25) is 9.59 Å². The Morgan fingerprint density at radius 1 is 0.380 bits per heavy atom. The third-order valence-electron chi connectivity index (χ3n) is 14.7. The van der Waals surface area contributed by atoms with Crippen molar-refractivity contribution >= 4 is 17.9 Å². The molecule has 0 aliphatic carbocycles. The van der Waals surface area contributed by atoms with Crippen LogP contribution in [-0.2, 0) is 33.3 Å². The zero-order valence-corrected chi connectivity index (χ0v) is 52.5. The van der Waals surface area contributed by atoms with E-state index in [0.29, 0.717) is 17.4 Å². The Labute approximate surface area is 488 Å². The van der Waals surface area contributed by atoms with Gasteiger partial charge < -0.3 is 28.5 Å². The highest BCUT2D eigenvalue weighted by atomic mass is 16.7. The van der Waals surface area contributed by atoms with E-state index < -0.39 is 24.3 Å². The number of quaternary nitrogens is 1. The molecule has 0 aromatic carbocycles. The molecule has 0 radical (unpaired) electrons. The Kier molecular flexibility index (Phi) is 58.7. The Balaban J connectivity index is 4.10. The number of carbonyl (C=O) groups excluding carboxylic acids is 2. The van der Waals surface area contributed by atoms with Crippen molar-refractivity contribution in [3.63, 3.8) is 0 Å². The lowest BCUT2D eigenvalue weighted by Crippen LogP contribution is -2.40. The van der Waals surface area contributed by atoms with E-state index >= 15 is 0 Å². The Hall–Kier alpha value is -3.01. The molecule has 0 aromatic heterocycles. The van der Waals surface area contributed by atoms with Crippen LogP contribution in [0.4, 0.5) is 0 Å². The maximum atomic E-state index is 12.9. The average molecular weight is 1110 g/mol. The number of likely N-dealkylation sites (N-methyl/N-ethyl adjacent to an activating group) is 1. The van der Waals surface area contributed by atoms with E-state index in [1.165, 1.54) is 225 Å². The molecule has 0 spiro atoms. The molecule has 0 bridgehead atoms. The first-order valence-corrected chi connectivity index (χ1v) is 33.5. The van der Waals surface area contributed by atoms with Crippen LogP contribution in [0.15, 0.2) is 60.8 Å². The molecule has 0 amide bonds. The van der Waals surface area contributed by atoms with Crippen molar-refractivity contribution in [1.82, 2.24) is 0 Å². The number of rotatable bonds is 62. The molecule has 2 unspecified atom stereocenters. The number of unbranched alkanes of at least 4 members (excludes halogenated alkanes) is 37. The number of carboxylic acid groups (broad SMARTS) is 1. The Morgan fingerprint density at radius 3 is 1.01 bits per heavy atom. The van der Waals surface area contributed by atoms with E-state index in [1.807, 2.05) is 21.1 Å². The summed E-state index contributed by atoms with van der Waals surface area (Å²) >= 11 is 0. The zero-order chi connectivity index (χ0) is 57.6. The minimum absolute atomic E-state index is 0.183. The second kappa shape index (κ2) is 61.1. The van der Waals surface area contributed by atoms with E-state index in [2.05, 4.69) is 74.6 Å². The first-order chi connectivity index (χ1) is 38.6. The van der Waals surface area contributed by atoms with E-state index in [0.717, 1.165) is 57.8 Å². The maximum absolute atomic E-state index is 12.9. The summed E-state index contributed by atoms with van der Waals surface area (Å²) < 4.78 is 23.0. The molecule has 0 heterocycles. The number of esters is 2. The summed E-state index contributed by atoms with van der Waals surface area (Å²) in [5.41, 5.74) is 0. The minimum Gasteiger partial charge on any atom is -0.477 e. The van der Waals surface area contributed by atoms with Gasteiger partial charge >= 0.3 is 17.9 Å². The second-order valence-corrected chi connectivity index (χ2v) is 23.8. The fourth-order valence-corrected chi connectivity index (χ4v) is 9.58. The highest BCUT2D eigenvalue weighted by Crippen LogP contribution is 2.17. The van der Waals surface area contributed by atoms with Crippen LogP contribution in [0.3, 0.4) is 0 Å². The van der Waals surface area contributed by atoms with Crippen molar-refractivity contribution in [2.75, 3.05) is 47.5 Å². The van der Waals surface area contributed by atoms with Gasteiger partial charge in [0.1, 0.15) is 13.2 Å². The fourth-order valence-electron chi connectivity index (χ4n) is 9.58. The molecule has 0 rings (SSSR count). The lowest BCUT2D eigenvalue weighted by atomic mass is 10.0. The number of carboxylic acids is 1. The van der Waals surface area contributed by atoms with Gasteiger partial charge in [-0.15, -0.1) is 0 Å². The van der Waals surface area contributed by atoms with Crippen LogP contribution in [0.1, 0.15) is 309 Å². The standard InChI is InChI=1S/C70H127NO8/c1-6-8-10-12-14-16-18-20-22-24-26-28-29-30-31-32-33-34-35-36-37-38-39-41-43-45-47-49-51-53-55-57-59-61-68(73)79-66(65-78-70(69(74)75)76-63-62-71(3,4)5)64-77-67(72)60-58-56-54-52-50-48-46-44-42-40-27-25-23-21-19-17-15-13-11-9-7-2/h18-21,24-27,29-30,66,70H,6-17,22-23,28,31-65H2,1-5H3/p+1/b20-18-,21-19-,26-24-,27-25-,30-29-. The van der Waals surface area contributed by atoms with Crippen LogP contribution in [-0.4, -0.2) is 87.4 Å². The largest absolute Gasteiger partial charge is 0.477 e. The van der Waals surface area contributed by atoms with E-state index in [9.17, 15) is 19.5 Å². The van der Waals surface area contributed by atoms with E-state index in [1.54, 1.807) is 0 Å². The second-order valence-electron chi connectivity index (χ2n) is 23.8. The summed E-state index contributed by atoms with van der Waals surface area (Å²) in [4.78, 5) is 37.5. The molecule has 0 aliphatic rings. The topological polar surface area (TPSA) is 108 Å². The van der Waals surface area contributed by atoms with Gasteiger partial charge in [-0.2, -0.15) is 0 Å². The SMILES string of the molecule is CCCCCCC/C=C\C/C=C\C/C=C\CCCCCCCCCCCCCCCCCCCCC(=O)OC(COC(=O)CCCCCCCCCCC/C=C\C/C=C\CCCCCCC)COC(OCC[N+](C)(C)C)C(=O)O. The van der Waals surface area contributed by atoms with Crippen molar-refractivity contribution in [1.29, 1.82) is 0 Å². The van der Waals surface area contributed by atoms with Crippen LogP contribution in [0, 0.1) is 0 Å². The van der Waals surface area contributed by atoms with Crippen molar-refractivity contribution < 1.29 is 42.9 Å². The number of aliphatic carboxylic acids is 1. The molecule has 9 nitrogen and oxygen atoms in total. The van der Waals surface area contributed by atoms with E-state index in [4.69, 9.17) is 18.9 Å². The molecule has 9 heteroatoms. The van der Waals surface area contributed by atoms with Gasteiger partial charge in [0, 0.05) is 12.8 Å². The summed E-state index contributed by atoms with van der Waals surface area (Å²) in [6.45, 7) is 4.89. The predicted octanol–water partition coefficient (Wildman–Crippen LogP) is 20.4. The van der Waals surface area contributed by atoms with Gasteiger partial charge in [-0.05, 0) is 83.5 Å². The Morgan fingerprint density at radius 2 is 0.684 bits per heavy atom. The molecule has 0 saturated heterocycles. The summed E-state index contributed by atoms with van der Waals surface area (Å²) in [5.74, 6) is -2.00. The number of hydrogen-bond acceptors (Lipinski definition) is 7. The van der Waals surface area contributed by atoms with Gasteiger partial charge in [0.25, 0.3) is 6.29 Å². The van der Waals surface area contributed by atoms with Crippen molar-refractivity contribution in [3.8, 4) is 0 Å². The van der Waals surface area contributed by atoms with Gasteiger partial charge in [0.2, 0.25) is 0 Å². The third-order valence-corrected chi connectivity index (χ3v) is 14.7. The van der Waals surface area contributed by atoms with Crippen LogP contribution in [0.2, 0.25) is 0 Å². The van der Waals surface area contributed by atoms with Gasteiger partial charge in [0.05, 0.1) is 34.4 Å². The summed E-state index contributed by atoms with van der Waals surface area (Å²) in [6, 6.07) is 0. The number of nitrogens with zero attached hydrogens (tertiary/aromatic N) is 1. The van der Waals surface area contributed by atoms with Crippen molar-refractivity contribution in [2.24, 2.45) is 0 Å². The zero-order valence-electron chi connectivity index (χ0n) is 52.5. The highest BCUT2D eigenvalue weighted by Gasteiger charge is 2.25. The smallest absolute Gasteiger partial charge is 0.361 e. The Bertz CT molecular complexity index is 1480. The lowest BCUT2D eigenvalue weighted by Gasteiger charge is -2.25. The summed E-state index contributed by atoms with van der Waals surface area (Å²) in [5, 5.41) is 9.73. The molecule has 0 saturated carbocycles. The molecular weight excluding hydrogens is 983 g/mol. The first kappa shape index (κ1) is 76.0. The maximum Gasteiger partial charge on any atom is 0.361 e. The quantitative estimate of drug-likeness (QED) is 0.0211. The predicted molar refractivity (Wildman–Crippen MR) is 336 cm³/mol. The number of allylic oxidation sites excluding steroid dienone is 10. The molecule has 0 aromatic rings. The van der Waals surface area contributed by atoms with Crippen LogP contribution in [0.25, 0.3) is 0 Å². The summed E-state index contributed by atoms with van der Waals surface area (Å²) in [6.07, 6.45) is 76.1. The van der Waals surface area contributed by atoms with E-state index in [-0.39, 0.29) is 32.2 Å². The summed E-state index contributed by atoms with van der Waals surface area (Å²) in [7, 11) is 5.98. The first-order valence-electron chi connectivity index (χ1n) is 33.5. The number of carbonyl (C=O) groups is 3. The minimum atomic E-state index is -1.51. The normalized spacial score (nSPS) is 13.1. The third kappa shape index (κ3) is 62.4. The lowest BCUT2D eigenvalue weighted by molar-refractivity contribution is -0.870. The molecule has 79 heavy (non-hydrogen) atoms. The highest BCUT2D eigenvalue weighted by molar-refractivity contribution is 5.71. The number of hydrogen-bond donors (Lipinski definition) is 1. The monoisotopic (exact) mass is 1110 g/mol. The fraction of sp³-hybridized carbons (Fsp3) is 0.814. The van der Waals surface area contributed by atoms with Gasteiger partial charge in [-0.25, -0.2) is 4.79 Å². The van der Waals surface area contributed by atoms with Crippen molar-refractivity contribution in [2.45, 2.75) is 322 Å². The number of ether oxygens (including phenoxy) is 4. The molecular formula is C70H128NO8+. The molecule has 0 fully saturated rings.